The van der Waals surface area contributed by atoms with Gasteiger partial charge in [0.25, 0.3) is 0 Å². The van der Waals surface area contributed by atoms with E-state index in [1.807, 2.05) is 54.6 Å². The first-order valence-electron chi connectivity index (χ1n) is 20.1. The van der Waals surface area contributed by atoms with Gasteiger partial charge in [-0.05, 0) is 55.2 Å². The summed E-state index contributed by atoms with van der Waals surface area (Å²) in [5, 5.41) is 14.7. The highest BCUT2D eigenvalue weighted by molar-refractivity contribution is 8.00. The van der Waals surface area contributed by atoms with Gasteiger partial charge in [-0.25, -0.2) is 0 Å². The maximum atomic E-state index is 13.9. The molecule has 1 saturated heterocycles. The van der Waals surface area contributed by atoms with Gasteiger partial charge in [0.05, 0.1) is 28.7 Å². The van der Waals surface area contributed by atoms with Gasteiger partial charge in [0, 0.05) is 22.9 Å². The van der Waals surface area contributed by atoms with Crippen molar-refractivity contribution in [2.75, 3.05) is 19.0 Å². The number of esters is 1. The first-order valence-corrected chi connectivity index (χ1v) is 21.1. The quantitative estimate of drug-likeness (QED) is 0.101. The Morgan fingerprint density at radius 2 is 1.30 bits per heavy atom. The summed E-state index contributed by atoms with van der Waals surface area (Å²) in [5.41, 5.74) is 1.66. The van der Waals surface area contributed by atoms with Crippen LogP contribution < -0.4 is 5.32 Å². The summed E-state index contributed by atoms with van der Waals surface area (Å²) < 4.78 is 11.6. The van der Waals surface area contributed by atoms with Crippen molar-refractivity contribution in [1.82, 2.24) is 5.32 Å². The standard InChI is InChI=1S/C46H55NO6S/c1-43-26-27-44(53-31-30-52-42(51)34-18-10-5-3-2-4-6-11-19-34)28-29-45(43,47-39(43)32-40(44)48)38(41(49)50)33-54-46(35-20-12-7-13-21-35,36-22-14-8-15-23-36)37-24-16-9-17-25-37/h7-9,12-17,20-25,32,34,38,47H,2-6,10-11,18-19,26-31,33H2,1H3,(H,49,50)/t38-,43?,44?,45?/m1/s1. The van der Waals surface area contributed by atoms with Gasteiger partial charge in [0.15, 0.2) is 5.78 Å². The molecule has 0 amide bonds. The SMILES string of the molecule is CC12CCC3(OCCOC(=O)C4CCCCCCCCC4)CCC1([C@H](CSC(c1ccccc1)(c1ccccc1)c1ccccc1)C(=O)O)NC2=CC3=O. The Morgan fingerprint density at radius 1 is 0.778 bits per heavy atom. The molecule has 0 aromatic heterocycles. The molecule has 4 atom stereocenters. The summed E-state index contributed by atoms with van der Waals surface area (Å²) in [7, 11) is 0. The summed E-state index contributed by atoms with van der Waals surface area (Å²) in [6, 6.07) is 31.1. The van der Waals surface area contributed by atoms with E-state index in [1.165, 1.54) is 19.3 Å². The fourth-order valence-electron chi connectivity index (χ4n) is 9.88. The molecule has 8 heteroatoms. The van der Waals surface area contributed by atoms with Crippen molar-refractivity contribution in [2.24, 2.45) is 17.3 Å². The Morgan fingerprint density at radius 3 is 1.83 bits per heavy atom. The molecule has 2 bridgehead atoms. The number of rotatable bonds is 13. The predicted molar refractivity (Wildman–Crippen MR) is 213 cm³/mol. The Hall–Kier alpha value is -3.88. The van der Waals surface area contributed by atoms with Gasteiger partial charge in [-0.1, -0.05) is 143 Å². The molecule has 2 saturated carbocycles. The lowest BCUT2D eigenvalue weighted by molar-refractivity contribution is -0.156. The van der Waals surface area contributed by atoms with Crippen LogP contribution in [0.1, 0.15) is 107 Å². The Bertz CT molecular complexity index is 1690. The summed E-state index contributed by atoms with van der Waals surface area (Å²) >= 11 is 1.67. The molecule has 0 radical (unpaired) electrons. The molecule has 3 aromatic carbocycles. The Labute approximate surface area is 324 Å². The average molecular weight is 750 g/mol. The van der Waals surface area contributed by atoms with Gasteiger partial charge in [0.2, 0.25) is 0 Å². The van der Waals surface area contributed by atoms with Crippen LogP contribution in [0.3, 0.4) is 0 Å². The summed E-state index contributed by atoms with van der Waals surface area (Å²) in [4.78, 5) is 40.6. The van der Waals surface area contributed by atoms with E-state index in [1.54, 1.807) is 17.8 Å². The van der Waals surface area contributed by atoms with Crippen LogP contribution in [0.15, 0.2) is 103 Å². The maximum absolute atomic E-state index is 13.9. The van der Waals surface area contributed by atoms with E-state index in [4.69, 9.17) is 9.47 Å². The third kappa shape index (κ3) is 7.16. The van der Waals surface area contributed by atoms with Gasteiger partial charge in [-0.2, -0.15) is 0 Å². The summed E-state index contributed by atoms with van der Waals surface area (Å²) in [6.45, 7) is 2.37. The van der Waals surface area contributed by atoms with Crippen molar-refractivity contribution in [1.29, 1.82) is 0 Å². The largest absolute Gasteiger partial charge is 0.481 e. The second kappa shape index (κ2) is 16.5. The number of ether oxygens (including phenoxy) is 2. The molecular formula is C46H55NO6S. The molecule has 1 heterocycles. The molecule has 4 aliphatic rings. The lowest BCUT2D eigenvalue weighted by Crippen LogP contribution is -2.74. The number of thioether (sulfide) groups is 1. The van der Waals surface area contributed by atoms with Gasteiger partial charge in [-0.3, -0.25) is 14.4 Å². The van der Waals surface area contributed by atoms with E-state index >= 15 is 0 Å². The Balaban J connectivity index is 1.11. The minimum atomic E-state index is -1.08. The van der Waals surface area contributed by atoms with E-state index < -0.39 is 33.2 Å². The third-order valence-electron chi connectivity index (χ3n) is 13.2. The van der Waals surface area contributed by atoms with Crippen LogP contribution in [0.4, 0.5) is 0 Å². The summed E-state index contributed by atoms with van der Waals surface area (Å²) in [5.74, 6) is -1.58. The third-order valence-corrected chi connectivity index (χ3v) is 14.8. The highest BCUT2D eigenvalue weighted by Gasteiger charge is 2.69. The lowest BCUT2D eigenvalue weighted by Gasteiger charge is -2.63. The van der Waals surface area contributed by atoms with Crippen molar-refractivity contribution >= 4 is 29.5 Å². The molecule has 7 nitrogen and oxygen atoms in total. The molecule has 286 valence electrons. The highest BCUT2D eigenvalue weighted by atomic mass is 32.2. The van der Waals surface area contributed by atoms with Crippen LogP contribution in [0.5, 0.6) is 0 Å². The molecule has 3 aliphatic carbocycles. The number of hydrogen-bond acceptors (Lipinski definition) is 7. The average Bonchev–Trinajstić information content (AvgIpc) is 3.35. The zero-order valence-electron chi connectivity index (χ0n) is 31.6. The fourth-order valence-corrected chi connectivity index (χ4v) is 11.6. The van der Waals surface area contributed by atoms with Crippen LogP contribution in [0, 0.1) is 17.3 Å². The van der Waals surface area contributed by atoms with Gasteiger partial charge < -0.3 is 19.9 Å². The van der Waals surface area contributed by atoms with E-state index in [0.717, 1.165) is 60.9 Å². The van der Waals surface area contributed by atoms with Crippen LogP contribution >= 0.6 is 11.8 Å². The highest BCUT2D eigenvalue weighted by Crippen LogP contribution is 2.63. The molecular weight excluding hydrogens is 695 g/mol. The van der Waals surface area contributed by atoms with E-state index in [9.17, 15) is 19.5 Å². The number of carboxylic acid groups (broad SMARTS) is 1. The van der Waals surface area contributed by atoms with Crippen molar-refractivity contribution in [3.63, 3.8) is 0 Å². The Kier molecular flexibility index (Phi) is 11.7. The van der Waals surface area contributed by atoms with Gasteiger partial charge >= 0.3 is 11.9 Å². The number of aliphatic carboxylic acids is 1. The normalized spacial score (nSPS) is 26.6. The minimum Gasteiger partial charge on any atom is -0.481 e. The summed E-state index contributed by atoms with van der Waals surface area (Å²) in [6.07, 6.45) is 13.6. The maximum Gasteiger partial charge on any atom is 0.309 e. The molecule has 2 N–H and O–H groups in total. The van der Waals surface area contributed by atoms with Crippen LogP contribution in [0.25, 0.3) is 0 Å². The van der Waals surface area contributed by atoms with E-state index in [2.05, 4.69) is 48.6 Å². The molecule has 3 aromatic rings. The zero-order chi connectivity index (χ0) is 37.7. The van der Waals surface area contributed by atoms with Crippen LogP contribution in [0.2, 0.25) is 0 Å². The second-order valence-electron chi connectivity index (χ2n) is 16.1. The number of benzene rings is 3. The van der Waals surface area contributed by atoms with Crippen LogP contribution in [-0.4, -0.2) is 52.9 Å². The first-order chi connectivity index (χ1) is 26.2. The van der Waals surface area contributed by atoms with Gasteiger partial charge in [0.1, 0.15) is 12.2 Å². The van der Waals surface area contributed by atoms with Crippen molar-refractivity contribution in [3.05, 3.63) is 119 Å². The topological polar surface area (TPSA) is 102 Å². The molecule has 7 rings (SSSR count). The number of carbonyl (C=O) groups is 3. The van der Waals surface area contributed by atoms with Crippen molar-refractivity contribution in [2.45, 2.75) is 106 Å². The molecule has 3 fully saturated rings. The predicted octanol–water partition coefficient (Wildman–Crippen LogP) is 9.24. The fraction of sp³-hybridized carbons (Fsp3) is 0.500. The van der Waals surface area contributed by atoms with Crippen molar-refractivity contribution < 1.29 is 29.0 Å². The first kappa shape index (κ1) is 38.4. The molecule has 3 unspecified atom stereocenters. The van der Waals surface area contributed by atoms with E-state index in [-0.39, 0.29) is 30.9 Å². The number of fused-ring (bicyclic) bond motifs is 2. The number of hydrogen-bond donors (Lipinski definition) is 2. The zero-order valence-corrected chi connectivity index (χ0v) is 32.4. The molecule has 0 spiro atoms. The van der Waals surface area contributed by atoms with E-state index in [0.29, 0.717) is 31.4 Å². The number of carboxylic acids is 1. The number of ketones is 1. The smallest absolute Gasteiger partial charge is 0.309 e. The minimum absolute atomic E-state index is 0.0719. The molecule has 1 aliphatic heterocycles. The monoisotopic (exact) mass is 749 g/mol. The lowest BCUT2D eigenvalue weighted by atomic mass is 9.53. The molecule has 54 heavy (non-hydrogen) atoms. The van der Waals surface area contributed by atoms with Gasteiger partial charge in [-0.15, -0.1) is 11.8 Å². The van der Waals surface area contributed by atoms with Crippen molar-refractivity contribution in [3.8, 4) is 0 Å². The second-order valence-corrected chi connectivity index (χ2v) is 17.3. The van der Waals surface area contributed by atoms with Crippen LogP contribution in [-0.2, 0) is 28.6 Å². The number of nitrogens with one attached hydrogen (secondary N) is 1. The number of carbonyl (C=O) groups excluding carboxylic acids is 2.